The number of aromatic amines is 2. The van der Waals surface area contributed by atoms with Crippen molar-refractivity contribution in [3.05, 3.63) is 121 Å². The maximum Gasteiger partial charge on any atom is 0.274 e. The number of halogens is 1. The Kier molecular flexibility index (Phi) is 11.9. The molecule has 11 nitrogen and oxygen atoms in total. The van der Waals surface area contributed by atoms with E-state index in [1.54, 1.807) is 12.1 Å². The lowest BCUT2D eigenvalue weighted by molar-refractivity contribution is 0.340. The van der Waals surface area contributed by atoms with Crippen LogP contribution in [0.2, 0.25) is 5.02 Å². The van der Waals surface area contributed by atoms with Crippen LogP contribution in [0.15, 0.2) is 87.5 Å². The molecule has 0 unspecified atom stereocenters. The van der Waals surface area contributed by atoms with E-state index in [-0.39, 0.29) is 17.1 Å². The lowest BCUT2D eigenvalue weighted by Crippen LogP contribution is -2.18. The Balaban J connectivity index is 0.000000209. The molecule has 0 aliphatic rings. The summed E-state index contributed by atoms with van der Waals surface area (Å²) < 4.78 is 10.8. The number of nitrogens with one attached hydrogen (secondary N) is 3. The largest absolute Gasteiger partial charge is 0.494 e. The summed E-state index contributed by atoms with van der Waals surface area (Å²) >= 11 is 7.43. The summed E-state index contributed by atoms with van der Waals surface area (Å²) in [7, 11) is 0. The standard InChI is InChI=1S/C18H17ClN4O2.C13H15N3O2S/c1-2-25-13-9-7-12(8-10-13)11-16-17(24)21-18(23-22-16)20-15-6-4-3-5-14(15)19;1-3-18-10-6-4-9(5-7-10)8-11-12(17)14-13(19-2)16-15-11/h3-10H,2,11H2,1H3,(H2,20,21,23,24);4-7H,3,8H2,1-2H3,(H,14,16,17). The van der Waals surface area contributed by atoms with Gasteiger partial charge in [0.05, 0.1) is 23.9 Å². The first kappa shape index (κ1) is 32.2. The third kappa shape index (κ3) is 9.41. The van der Waals surface area contributed by atoms with Crippen LogP contribution in [0.3, 0.4) is 0 Å². The average molecular weight is 634 g/mol. The van der Waals surface area contributed by atoms with Gasteiger partial charge >= 0.3 is 0 Å². The van der Waals surface area contributed by atoms with Gasteiger partial charge in [0.15, 0.2) is 5.16 Å². The minimum absolute atomic E-state index is 0.187. The number of para-hydroxylation sites is 1. The second kappa shape index (κ2) is 16.2. The van der Waals surface area contributed by atoms with Gasteiger partial charge in [-0.15, -0.1) is 20.4 Å². The van der Waals surface area contributed by atoms with Crippen molar-refractivity contribution in [2.75, 3.05) is 24.8 Å². The van der Waals surface area contributed by atoms with Crippen molar-refractivity contribution in [1.29, 1.82) is 0 Å². The highest BCUT2D eigenvalue weighted by atomic mass is 35.5. The summed E-state index contributed by atoms with van der Waals surface area (Å²) in [5.74, 6) is 1.86. The molecule has 5 rings (SSSR count). The van der Waals surface area contributed by atoms with Crippen molar-refractivity contribution in [3.63, 3.8) is 0 Å². The fraction of sp³-hybridized carbons (Fsp3) is 0.226. The molecule has 0 aliphatic carbocycles. The third-order valence-electron chi connectivity index (χ3n) is 6.04. The summed E-state index contributed by atoms with van der Waals surface area (Å²) in [6, 6.07) is 22.4. The molecule has 13 heteroatoms. The molecule has 0 saturated carbocycles. The average Bonchev–Trinajstić information content (AvgIpc) is 3.03. The van der Waals surface area contributed by atoms with Crippen LogP contribution >= 0.6 is 23.4 Å². The highest BCUT2D eigenvalue weighted by Crippen LogP contribution is 2.22. The van der Waals surface area contributed by atoms with Crippen molar-refractivity contribution >= 4 is 35.0 Å². The number of H-pyrrole nitrogens is 2. The summed E-state index contributed by atoms with van der Waals surface area (Å²) in [5.41, 5.74) is 2.88. The van der Waals surface area contributed by atoms with Crippen molar-refractivity contribution in [2.45, 2.75) is 31.8 Å². The molecule has 0 spiro atoms. The molecular formula is C31H32ClN7O4S. The molecular weight excluding hydrogens is 602 g/mol. The predicted octanol–water partition coefficient (Wildman–Crippen LogP) is 5.43. The Morgan fingerprint density at radius 1 is 0.727 bits per heavy atom. The van der Waals surface area contributed by atoms with Crippen molar-refractivity contribution in [1.82, 2.24) is 30.4 Å². The smallest absolute Gasteiger partial charge is 0.274 e. The van der Waals surface area contributed by atoms with Gasteiger partial charge in [-0.3, -0.25) is 19.6 Å². The normalized spacial score (nSPS) is 10.5. The van der Waals surface area contributed by atoms with Crippen molar-refractivity contribution in [2.24, 2.45) is 0 Å². The fourth-order valence-electron chi connectivity index (χ4n) is 3.90. The SMILES string of the molecule is CCOc1ccc(Cc2nnc(Nc3ccccc3Cl)[nH]c2=O)cc1.CCOc1ccc(Cc2nnc(SC)[nH]c2=O)cc1. The van der Waals surface area contributed by atoms with Crippen LogP contribution in [-0.4, -0.2) is 49.8 Å². The molecule has 0 radical (unpaired) electrons. The maximum atomic E-state index is 12.2. The Hall–Kier alpha value is -4.68. The van der Waals surface area contributed by atoms with Crippen LogP contribution in [0.25, 0.3) is 0 Å². The van der Waals surface area contributed by atoms with Gasteiger partial charge in [-0.2, -0.15) is 0 Å². The number of hydrogen-bond acceptors (Lipinski definition) is 10. The van der Waals surface area contributed by atoms with Crippen LogP contribution in [0.1, 0.15) is 36.4 Å². The highest BCUT2D eigenvalue weighted by Gasteiger charge is 2.09. The van der Waals surface area contributed by atoms with Gasteiger partial charge in [0.1, 0.15) is 22.9 Å². The number of thioether (sulfide) groups is 1. The fourth-order valence-corrected chi connectivity index (χ4v) is 4.40. The molecule has 44 heavy (non-hydrogen) atoms. The molecule has 2 heterocycles. The molecule has 0 fully saturated rings. The van der Waals surface area contributed by atoms with Crippen LogP contribution in [0, 0.1) is 0 Å². The van der Waals surface area contributed by atoms with E-state index < -0.39 is 0 Å². The monoisotopic (exact) mass is 633 g/mol. The summed E-state index contributed by atoms with van der Waals surface area (Å²) in [4.78, 5) is 29.4. The maximum absolute atomic E-state index is 12.2. The topological polar surface area (TPSA) is 148 Å². The second-order valence-corrected chi connectivity index (χ2v) is 10.4. The van der Waals surface area contributed by atoms with Gasteiger partial charge in [-0.25, -0.2) is 0 Å². The first-order valence-electron chi connectivity index (χ1n) is 13.8. The van der Waals surface area contributed by atoms with E-state index in [1.807, 2.05) is 80.8 Å². The van der Waals surface area contributed by atoms with E-state index in [4.69, 9.17) is 21.1 Å². The van der Waals surface area contributed by atoms with E-state index in [0.29, 0.717) is 53.3 Å². The van der Waals surface area contributed by atoms with Gasteiger partial charge < -0.3 is 14.8 Å². The quantitative estimate of drug-likeness (QED) is 0.161. The molecule has 0 bridgehead atoms. The Bertz CT molecular complexity index is 1760. The third-order valence-corrected chi connectivity index (χ3v) is 6.94. The first-order chi connectivity index (χ1) is 21.4. The highest BCUT2D eigenvalue weighted by molar-refractivity contribution is 7.98. The lowest BCUT2D eigenvalue weighted by atomic mass is 10.1. The first-order valence-corrected chi connectivity index (χ1v) is 15.4. The van der Waals surface area contributed by atoms with Gasteiger partial charge in [0, 0.05) is 12.8 Å². The van der Waals surface area contributed by atoms with Crippen LogP contribution in [-0.2, 0) is 12.8 Å². The molecule has 0 amide bonds. The molecule has 5 aromatic rings. The summed E-state index contributed by atoms with van der Waals surface area (Å²) in [6.45, 7) is 5.13. The summed E-state index contributed by atoms with van der Waals surface area (Å²) in [5, 5.41) is 19.9. The van der Waals surface area contributed by atoms with Crippen molar-refractivity contribution in [3.8, 4) is 11.5 Å². The van der Waals surface area contributed by atoms with Crippen molar-refractivity contribution < 1.29 is 9.47 Å². The number of aromatic nitrogens is 6. The predicted molar refractivity (Wildman–Crippen MR) is 173 cm³/mol. The van der Waals surface area contributed by atoms with E-state index in [9.17, 15) is 9.59 Å². The molecule has 228 valence electrons. The number of rotatable bonds is 11. The molecule has 0 aliphatic heterocycles. The van der Waals surface area contributed by atoms with Crippen LogP contribution < -0.4 is 25.9 Å². The molecule has 3 aromatic carbocycles. The summed E-state index contributed by atoms with van der Waals surface area (Å²) in [6.07, 6.45) is 2.69. The molecule has 2 aromatic heterocycles. The second-order valence-electron chi connectivity index (χ2n) is 9.17. The minimum Gasteiger partial charge on any atom is -0.494 e. The number of ether oxygens (including phenoxy) is 2. The number of nitrogens with zero attached hydrogens (tertiary/aromatic N) is 4. The van der Waals surface area contributed by atoms with Gasteiger partial charge in [0.2, 0.25) is 5.95 Å². The zero-order valence-electron chi connectivity index (χ0n) is 24.5. The Morgan fingerprint density at radius 2 is 1.25 bits per heavy atom. The van der Waals surface area contributed by atoms with Gasteiger partial charge in [0.25, 0.3) is 11.1 Å². The number of anilines is 2. The Morgan fingerprint density at radius 3 is 1.73 bits per heavy atom. The number of benzene rings is 3. The lowest BCUT2D eigenvalue weighted by Gasteiger charge is -2.07. The number of hydrogen-bond donors (Lipinski definition) is 3. The van der Waals surface area contributed by atoms with Crippen LogP contribution in [0.4, 0.5) is 11.6 Å². The van der Waals surface area contributed by atoms with E-state index in [0.717, 1.165) is 22.6 Å². The molecule has 3 N–H and O–H groups in total. The van der Waals surface area contributed by atoms with Gasteiger partial charge in [-0.05, 0) is 67.6 Å². The Labute approximate surface area is 263 Å². The molecule has 0 saturated heterocycles. The minimum atomic E-state index is -0.293. The molecule has 0 atom stereocenters. The zero-order valence-corrected chi connectivity index (χ0v) is 26.0. The van der Waals surface area contributed by atoms with Crippen LogP contribution in [0.5, 0.6) is 11.5 Å². The van der Waals surface area contributed by atoms with E-state index in [2.05, 4.69) is 35.7 Å². The van der Waals surface area contributed by atoms with E-state index >= 15 is 0 Å². The zero-order chi connectivity index (χ0) is 31.3. The van der Waals surface area contributed by atoms with Gasteiger partial charge in [-0.1, -0.05) is 59.8 Å². The van der Waals surface area contributed by atoms with E-state index in [1.165, 1.54) is 11.8 Å².